The van der Waals surface area contributed by atoms with Crippen LogP contribution in [0.4, 0.5) is 34.1 Å². The lowest BCUT2D eigenvalue weighted by Crippen LogP contribution is -2.46. The highest BCUT2D eigenvalue weighted by atomic mass is 16.5. The van der Waals surface area contributed by atoms with Crippen LogP contribution in [0.25, 0.3) is 33.4 Å². The molecule has 0 N–H and O–H groups in total. The van der Waals surface area contributed by atoms with Crippen LogP contribution in [-0.2, 0) is 20.3 Å². The molecule has 0 saturated carbocycles. The van der Waals surface area contributed by atoms with Gasteiger partial charge in [0.25, 0.3) is 0 Å². The third kappa shape index (κ3) is 10.1. The number of hydrogen-bond acceptors (Lipinski definition) is 6. The lowest BCUT2D eigenvalue weighted by molar-refractivity contribution is -0.133. The Hall–Kier alpha value is -10.2. The van der Waals surface area contributed by atoms with Crippen molar-refractivity contribution >= 4 is 34.1 Å². The van der Waals surface area contributed by atoms with Crippen molar-refractivity contribution in [3.63, 3.8) is 0 Å². The van der Waals surface area contributed by atoms with Crippen molar-refractivity contribution in [1.82, 2.24) is 0 Å². The molecule has 0 spiro atoms. The minimum absolute atomic E-state index is 0.0783. The molecule has 96 heavy (non-hydrogen) atoms. The van der Waals surface area contributed by atoms with Crippen molar-refractivity contribution in [1.29, 1.82) is 0 Å². The van der Waals surface area contributed by atoms with Crippen LogP contribution in [-0.4, -0.2) is 39.6 Å². The normalized spacial score (nSPS) is 17.4. The molecular formula is C90H80N2O4. The Morgan fingerprint density at radius 1 is 0.312 bits per heavy atom. The highest BCUT2D eigenvalue weighted by Crippen LogP contribution is 2.60. The summed E-state index contributed by atoms with van der Waals surface area (Å²) in [4.78, 5) is 4.82. The summed E-state index contributed by atoms with van der Waals surface area (Å²) in [6.07, 6.45) is 2.06. The van der Waals surface area contributed by atoms with E-state index < -0.39 is 10.8 Å². The van der Waals surface area contributed by atoms with Crippen LogP contribution in [0.2, 0.25) is 0 Å². The van der Waals surface area contributed by atoms with E-state index in [2.05, 4.69) is 330 Å². The van der Waals surface area contributed by atoms with Gasteiger partial charge in [-0.2, -0.15) is 0 Å². The van der Waals surface area contributed by atoms with Crippen LogP contribution < -0.4 is 19.3 Å². The minimum atomic E-state index is -0.623. The lowest BCUT2D eigenvalue weighted by atomic mass is 9.66. The van der Waals surface area contributed by atoms with Crippen molar-refractivity contribution in [2.45, 2.75) is 65.2 Å². The Kier molecular flexibility index (Phi) is 15.5. The van der Waals surface area contributed by atoms with E-state index in [1.54, 1.807) is 0 Å². The fourth-order valence-electron chi connectivity index (χ4n) is 15.9. The third-order valence-electron chi connectivity index (χ3n) is 21.6. The van der Waals surface area contributed by atoms with E-state index in [1.807, 2.05) is 0 Å². The molecule has 12 aromatic rings. The molecule has 6 nitrogen and oxygen atoms in total. The van der Waals surface area contributed by atoms with Crippen molar-refractivity contribution < 1.29 is 18.9 Å². The molecule has 16 rings (SSSR count). The van der Waals surface area contributed by atoms with Crippen LogP contribution >= 0.6 is 0 Å². The number of aryl methyl sites for hydroxylation is 4. The number of rotatable bonds is 19. The van der Waals surface area contributed by atoms with Gasteiger partial charge in [-0.1, -0.05) is 207 Å². The Morgan fingerprint density at radius 3 is 1.02 bits per heavy atom. The van der Waals surface area contributed by atoms with E-state index in [0.717, 1.165) is 96.0 Å². The molecule has 4 aliphatic rings. The Bertz CT molecular complexity index is 4520. The maximum atomic E-state index is 6.56. The van der Waals surface area contributed by atoms with Gasteiger partial charge in [0.2, 0.25) is 0 Å². The van der Waals surface area contributed by atoms with Gasteiger partial charge < -0.3 is 28.7 Å². The molecule has 6 heteroatoms. The molecule has 2 unspecified atom stereocenters. The predicted molar refractivity (Wildman–Crippen MR) is 393 cm³/mol. The molecule has 0 amide bonds. The zero-order valence-corrected chi connectivity index (χ0v) is 55.7. The first-order valence-electron chi connectivity index (χ1n) is 34.2. The molecular weight excluding hydrogens is 1170 g/mol. The van der Waals surface area contributed by atoms with Gasteiger partial charge in [-0.15, -0.1) is 0 Å². The summed E-state index contributed by atoms with van der Waals surface area (Å²) in [7, 11) is 0. The van der Waals surface area contributed by atoms with E-state index in [9.17, 15) is 0 Å². The Balaban J connectivity index is 0.760. The minimum Gasteiger partial charge on any atom is -0.493 e. The molecule has 0 radical (unpaired) electrons. The highest BCUT2D eigenvalue weighted by molar-refractivity contribution is 5.92. The van der Waals surface area contributed by atoms with Crippen molar-refractivity contribution in [3.05, 3.63) is 346 Å². The average molecular weight is 1250 g/mol. The Morgan fingerprint density at radius 2 is 0.656 bits per heavy atom. The number of anilines is 6. The molecule has 2 atom stereocenters. The van der Waals surface area contributed by atoms with Gasteiger partial charge in [0.05, 0.1) is 61.3 Å². The fourth-order valence-corrected chi connectivity index (χ4v) is 15.9. The fraction of sp³-hybridized carbons (Fsp3) is 0.200. The second-order valence-electron chi connectivity index (χ2n) is 27.4. The summed E-state index contributed by atoms with van der Waals surface area (Å²) in [6.45, 7) is 17.7. The van der Waals surface area contributed by atoms with E-state index in [0.29, 0.717) is 13.2 Å². The molecule has 2 aliphatic heterocycles. The van der Waals surface area contributed by atoms with E-state index >= 15 is 0 Å². The van der Waals surface area contributed by atoms with Crippen LogP contribution in [0, 0.1) is 38.5 Å². The van der Waals surface area contributed by atoms with Crippen LogP contribution in [0.5, 0.6) is 11.5 Å². The second-order valence-corrected chi connectivity index (χ2v) is 27.4. The predicted octanol–water partition coefficient (Wildman–Crippen LogP) is 21.9. The number of nitrogens with zero attached hydrogens (tertiary/aromatic N) is 2. The molecule has 2 saturated heterocycles. The first kappa shape index (κ1) is 60.7. The number of benzene rings is 12. The van der Waals surface area contributed by atoms with Gasteiger partial charge in [-0.05, 0) is 227 Å². The smallest absolute Gasteiger partial charge is 0.119 e. The van der Waals surface area contributed by atoms with Crippen molar-refractivity contribution in [3.8, 4) is 44.9 Å². The summed E-state index contributed by atoms with van der Waals surface area (Å²) in [6, 6.07) is 104. The average Bonchev–Trinajstić information content (AvgIpc) is 1.53. The number of ether oxygens (including phenoxy) is 4. The second kappa shape index (κ2) is 24.5. The summed E-state index contributed by atoms with van der Waals surface area (Å²) >= 11 is 0. The zero-order chi connectivity index (χ0) is 65.2. The summed E-state index contributed by atoms with van der Waals surface area (Å²) in [5.74, 6) is 1.75. The summed E-state index contributed by atoms with van der Waals surface area (Å²) in [5.41, 5.74) is 27.6. The highest BCUT2D eigenvalue weighted by Gasteiger charge is 2.49. The summed E-state index contributed by atoms with van der Waals surface area (Å²) < 4.78 is 24.4. The van der Waals surface area contributed by atoms with Crippen LogP contribution in [0.3, 0.4) is 0 Å². The van der Waals surface area contributed by atoms with Crippen molar-refractivity contribution in [2.24, 2.45) is 10.8 Å². The molecule has 0 aromatic heterocycles. The van der Waals surface area contributed by atoms with E-state index in [-0.39, 0.29) is 10.8 Å². The molecule has 2 heterocycles. The standard InChI is InChI=1S/C90H80N2O4/c1-7-87(55-93-56-87)59-95-75-45-35-67(36-46-75)89(83-51-61(3)27-29-63(83)5)81-25-17-15-23-77(81)79-49-43-73(53-85(79)89)91(69-19-11-9-12-20-69)71-39-31-65(32-40-71)66-33-41-72(42-34-66)92(70-21-13-10-14-22-70)74-44-50-80-78-24-16-18-26-82(78)90(86(80)54-74,84-52-62(4)28-30-64(84)6)68-37-47-76(48-38-68)96-60-88(8-2)57-94-58-88/h9-54H,7-8,55-60H2,1-6H3. The maximum absolute atomic E-state index is 6.56. The molecule has 474 valence electrons. The maximum Gasteiger partial charge on any atom is 0.119 e. The first-order chi connectivity index (χ1) is 47.0. The van der Waals surface area contributed by atoms with Crippen molar-refractivity contribution in [2.75, 3.05) is 49.4 Å². The monoisotopic (exact) mass is 1250 g/mol. The lowest BCUT2D eigenvalue weighted by Gasteiger charge is -2.40. The third-order valence-corrected chi connectivity index (χ3v) is 21.6. The SMILES string of the molecule is CCC1(COc2ccc(C3(c4cc(C)ccc4C)c4ccccc4-c4ccc(N(c5ccccc5)c5ccc(-c6ccc(N(c7ccccc7)c7ccc8c(c7)C(c7ccc(OCC9(CC)COC9)cc7)(c7cc(C)ccc7C)c7ccccc7-8)cc6)cc5)cc43)cc2)COC1. The molecule has 0 bridgehead atoms. The van der Waals surface area contributed by atoms with E-state index in [4.69, 9.17) is 18.9 Å². The number of fused-ring (bicyclic) bond motifs is 6. The first-order valence-corrected chi connectivity index (χ1v) is 34.2. The Labute approximate surface area is 566 Å². The van der Waals surface area contributed by atoms with Gasteiger partial charge in [0, 0.05) is 34.1 Å². The van der Waals surface area contributed by atoms with Gasteiger partial charge in [-0.25, -0.2) is 0 Å². The molecule has 2 aliphatic carbocycles. The van der Waals surface area contributed by atoms with Gasteiger partial charge >= 0.3 is 0 Å². The van der Waals surface area contributed by atoms with Gasteiger partial charge in [-0.3, -0.25) is 0 Å². The molecule has 12 aromatic carbocycles. The molecule has 2 fully saturated rings. The zero-order valence-electron chi connectivity index (χ0n) is 55.7. The van der Waals surface area contributed by atoms with Crippen LogP contribution in [0.1, 0.15) is 93.5 Å². The largest absolute Gasteiger partial charge is 0.493 e. The number of hydrogen-bond donors (Lipinski definition) is 0. The topological polar surface area (TPSA) is 43.4 Å². The summed E-state index contributed by atoms with van der Waals surface area (Å²) in [5, 5.41) is 0. The van der Waals surface area contributed by atoms with E-state index in [1.165, 1.54) is 89.0 Å². The number of para-hydroxylation sites is 2. The van der Waals surface area contributed by atoms with Gasteiger partial charge in [0.1, 0.15) is 11.5 Å². The van der Waals surface area contributed by atoms with Crippen LogP contribution in [0.15, 0.2) is 279 Å². The quantitative estimate of drug-likeness (QED) is 0.0804. The van der Waals surface area contributed by atoms with Gasteiger partial charge in [0.15, 0.2) is 0 Å².